The Morgan fingerprint density at radius 2 is 2.16 bits per heavy atom. The maximum Gasteiger partial charge on any atom is 0.128 e. The van der Waals surface area contributed by atoms with Crippen LogP contribution in [0.1, 0.15) is 50.9 Å². The van der Waals surface area contributed by atoms with Crippen LogP contribution in [-0.4, -0.2) is 29.3 Å². The molecule has 1 aliphatic carbocycles. The molecule has 2 unspecified atom stereocenters. The van der Waals surface area contributed by atoms with E-state index in [0.717, 1.165) is 12.4 Å². The van der Waals surface area contributed by atoms with Crippen LogP contribution in [0.4, 0.5) is 0 Å². The molecule has 2 rings (SSSR count). The lowest BCUT2D eigenvalue weighted by molar-refractivity contribution is -0.0191. The molecule has 1 aromatic heterocycles. The van der Waals surface area contributed by atoms with Gasteiger partial charge in [-0.1, -0.05) is 19.3 Å². The van der Waals surface area contributed by atoms with Gasteiger partial charge in [0.2, 0.25) is 0 Å². The summed E-state index contributed by atoms with van der Waals surface area (Å²) >= 11 is 0. The third-order valence-corrected chi connectivity index (χ3v) is 4.25. The van der Waals surface area contributed by atoms with E-state index in [1.807, 2.05) is 19.4 Å². The lowest BCUT2D eigenvalue weighted by Gasteiger charge is -2.35. The van der Waals surface area contributed by atoms with E-state index in [1.165, 1.54) is 32.1 Å². The van der Waals surface area contributed by atoms with E-state index in [-0.39, 0.29) is 12.1 Å². The molecule has 1 saturated carbocycles. The van der Waals surface area contributed by atoms with Crippen LogP contribution in [0.3, 0.4) is 0 Å². The van der Waals surface area contributed by atoms with Gasteiger partial charge in [-0.25, -0.2) is 4.98 Å². The topological polar surface area (TPSA) is 39.1 Å². The van der Waals surface area contributed by atoms with Gasteiger partial charge in [-0.05, 0) is 32.7 Å². The van der Waals surface area contributed by atoms with Crippen LogP contribution >= 0.6 is 0 Å². The number of aryl methyl sites for hydroxylation is 1. The molecule has 108 valence electrons. The number of aromatic nitrogens is 2. The first-order valence-corrected chi connectivity index (χ1v) is 7.54. The Hall–Kier alpha value is -0.870. The largest absolute Gasteiger partial charge is 0.376 e. The van der Waals surface area contributed by atoms with Crippen molar-refractivity contribution in [3.63, 3.8) is 0 Å². The molecule has 4 heteroatoms. The van der Waals surface area contributed by atoms with Crippen LogP contribution < -0.4 is 5.32 Å². The molecule has 1 heterocycles. The van der Waals surface area contributed by atoms with Crippen molar-refractivity contribution >= 4 is 0 Å². The summed E-state index contributed by atoms with van der Waals surface area (Å²) in [6, 6.07) is 0.183. The van der Waals surface area contributed by atoms with E-state index in [9.17, 15) is 0 Å². The highest BCUT2D eigenvalue weighted by Gasteiger charge is 2.33. The SMILES string of the molecule is CCOC(C1CCCCC1)C(NC)c1nccn1C. The van der Waals surface area contributed by atoms with Crippen molar-refractivity contribution in [2.24, 2.45) is 13.0 Å². The molecule has 0 saturated heterocycles. The zero-order chi connectivity index (χ0) is 13.7. The summed E-state index contributed by atoms with van der Waals surface area (Å²) in [5.41, 5.74) is 0. The van der Waals surface area contributed by atoms with E-state index in [1.54, 1.807) is 0 Å². The number of hydrogen-bond donors (Lipinski definition) is 1. The highest BCUT2D eigenvalue weighted by atomic mass is 16.5. The number of imidazole rings is 1. The van der Waals surface area contributed by atoms with E-state index >= 15 is 0 Å². The van der Waals surface area contributed by atoms with Gasteiger partial charge in [-0.15, -0.1) is 0 Å². The minimum atomic E-state index is 0.183. The van der Waals surface area contributed by atoms with Crippen molar-refractivity contribution in [3.8, 4) is 0 Å². The Morgan fingerprint density at radius 1 is 1.42 bits per heavy atom. The van der Waals surface area contributed by atoms with Gasteiger partial charge in [-0.3, -0.25) is 0 Å². The number of nitrogens with one attached hydrogen (secondary N) is 1. The van der Waals surface area contributed by atoms with E-state index in [2.05, 4.69) is 28.8 Å². The summed E-state index contributed by atoms with van der Waals surface area (Å²) in [7, 11) is 4.06. The molecular weight excluding hydrogens is 238 g/mol. The molecule has 0 radical (unpaired) electrons. The number of rotatable bonds is 6. The van der Waals surface area contributed by atoms with Gasteiger partial charge < -0.3 is 14.6 Å². The minimum absolute atomic E-state index is 0.183. The molecule has 1 aliphatic rings. The third-order valence-electron chi connectivity index (χ3n) is 4.25. The zero-order valence-corrected chi connectivity index (χ0v) is 12.4. The van der Waals surface area contributed by atoms with E-state index < -0.39 is 0 Å². The Kier molecular flexibility index (Phi) is 5.40. The molecule has 0 aliphatic heterocycles. The number of nitrogens with zero attached hydrogens (tertiary/aromatic N) is 2. The molecule has 0 bridgehead atoms. The minimum Gasteiger partial charge on any atom is -0.376 e. The highest BCUT2D eigenvalue weighted by Crippen LogP contribution is 2.33. The van der Waals surface area contributed by atoms with Crippen LogP contribution in [0.5, 0.6) is 0 Å². The van der Waals surface area contributed by atoms with Gasteiger partial charge in [0, 0.05) is 26.0 Å². The molecular formula is C15H27N3O. The van der Waals surface area contributed by atoms with Crippen molar-refractivity contribution < 1.29 is 4.74 Å². The number of ether oxygens (including phenoxy) is 1. The molecule has 2 atom stereocenters. The first kappa shape index (κ1) is 14.5. The first-order valence-electron chi connectivity index (χ1n) is 7.54. The fourth-order valence-corrected chi connectivity index (χ4v) is 3.28. The molecule has 0 amide bonds. The quantitative estimate of drug-likeness (QED) is 0.859. The van der Waals surface area contributed by atoms with Crippen molar-refractivity contribution in [2.75, 3.05) is 13.7 Å². The molecule has 1 fully saturated rings. The average Bonchev–Trinajstić information content (AvgIpc) is 2.86. The van der Waals surface area contributed by atoms with Crippen molar-refractivity contribution in [1.82, 2.24) is 14.9 Å². The van der Waals surface area contributed by atoms with Crippen LogP contribution in [0, 0.1) is 5.92 Å². The van der Waals surface area contributed by atoms with Crippen molar-refractivity contribution in [1.29, 1.82) is 0 Å². The predicted molar refractivity (Wildman–Crippen MR) is 77.0 cm³/mol. The van der Waals surface area contributed by atoms with Crippen molar-refractivity contribution in [2.45, 2.75) is 51.2 Å². The van der Waals surface area contributed by atoms with Gasteiger partial charge in [0.1, 0.15) is 5.82 Å². The first-order chi connectivity index (χ1) is 9.27. The van der Waals surface area contributed by atoms with Crippen LogP contribution in [0.2, 0.25) is 0 Å². The van der Waals surface area contributed by atoms with E-state index in [0.29, 0.717) is 5.92 Å². The Morgan fingerprint density at radius 3 is 2.68 bits per heavy atom. The lowest BCUT2D eigenvalue weighted by Crippen LogP contribution is -2.39. The number of hydrogen-bond acceptors (Lipinski definition) is 3. The second kappa shape index (κ2) is 7.06. The number of likely N-dealkylation sites (N-methyl/N-ethyl adjacent to an activating group) is 1. The van der Waals surface area contributed by atoms with Gasteiger partial charge >= 0.3 is 0 Å². The maximum atomic E-state index is 6.10. The van der Waals surface area contributed by atoms with Gasteiger partial charge in [0.25, 0.3) is 0 Å². The second-order valence-electron chi connectivity index (χ2n) is 5.48. The normalized spacial score (nSPS) is 20.4. The molecule has 1 N–H and O–H groups in total. The Labute approximate surface area is 116 Å². The monoisotopic (exact) mass is 265 g/mol. The summed E-state index contributed by atoms with van der Waals surface area (Å²) in [4.78, 5) is 4.51. The third kappa shape index (κ3) is 3.37. The second-order valence-corrected chi connectivity index (χ2v) is 5.48. The summed E-state index contributed by atoms with van der Waals surface area (Å²) in [5, 5.41) is 3.42. The van der Waals surface area contributed by atoms with Gasteiger partial charge in [0.15, 0.2) is 0 Å². The maximum absolute atomic E-state index is 6.10. The van der Waals surface area contributed by atoms with Gasteiger partial charge in [-0.2, -0.15) is 0 Å². The van der Waals surface area contributed by atoms with Crippen molar-refractivity contribution in [3.05, 3.63) is 18.2 Å². The van der Waals surface area contributed by atoms with Crippen LogP contribution in [-0.2, 0) is 11.8 Å². The zero-order valence-electron chi connectivity index (χ0n) is 12.4. The lowest BCUT2D eigenvalue weighted by atomic mass is 9.82. The molecule has 1 aromatic rings. The van der Waals surface area contributed by atoms with E-state index in [4.69, 9.17) is 4.74 Å². The summed E-state index contributed by atoms with van der Waals surface area (Å²) in [5.74, 6) is 1.73. The summed E-state index contributed by atoms with van der Waals surface area (Å²) in [6.07, 6.45) is 10.7. The fraction of sp³-hybridized carbons (Fsp3) is 0.800. The highest BCUT2D eigenvalue weighted by molar-refractivity contribution is 5.03. The summed E-state index contributed by atoms with van der Waals surface area (Å²) < 4.78 is 8.19. The fourth-order valence-electron chi connectivity index (χ4n) is 3.28. The molecule has 0 aromatic carbocycles. The smallest absolute Gasteiger partial charge is 0.128 e. The van der Waals surface area contributed by atoms with Gasteiger partial charge in [0.05, 0.1) is 12.1 Å². The average molecular weight is 265 g/mol. The molecule has 19 heavy (non-hydrogen) atoms. The Bertz CT molecular complexity index is 371. The Balaban J connectivity index is 2.17. The van der Waals surface area contributed by atoms with Crippen LogP contribution in [0.25, 0.3) is 0 Å². The molecule has 4 nitrogen and oxygen atoms in total. The van der Waals surface area contributed by atoms with Crippen LogP contribution in [0.15, 0.2) is 12.4 Å². The standard InChI is InChI=1S/C15H27N3O/c1-4-19-14(12-8-6-5-7-9-12)13(16-2)15-17-10-11-18(15)3/h10-14,16H,4-9H2,1-3H3. The summed E-state index contributed by atoms with van der Waals surface area (Å²) in [6.45, 7) is 2.85. The molecule has 0 spiro atoms. The predicted octanol–water partition coefficient (Wildman–Crippen LogP) is 2.67.